The predicted molar refractivity (Wildman–Crippen MR) is 126 cm³/mol. The van der Waals surface area contributed by atoms with Gasteiger partial charge in [-0.3, -0.25) is 14.4 Å². The summed E-state index contributed by atoms with van der Waals surface area (Å²) in [6.07, 6.45) is 3.80. The zero-order chi connectivity index (χ0) is 24.0. The number of halogens is 1. The molecule has 0 aromatic heterocycles. The number of amides is 2. The minimum absolute atomic E-state index is 0.00895. The number of benzene rings is 1. The first-order chi connectivity index (χ1) is 15.8. The molecule has 0 aliphatic carbocycles. The van der Waals surface area contributed by atoms with Crippen molar-refractivity contribution in [2.45, 2.75) is 64.8 Å². The zero-order valence-corrected chi connectivity index (χ0v) is 19.9. The summed E-state index contributed by atoms with van der Waals surface area (Å²) >= 11 is 6.15. The van der Waals surface area contributed by atoms with Crippen LogP contribution in [0, 0.1) is 5.92 Å². The van der Waals surface area contributed by atoms with Crippen molar-refractivity contribution in [3.8, 4) is 0 Å². The Morgan fingerprint density at radius 3 is 2.76 bits per heavy atom. The molecule has 0 saturated heterocycles. The lowest BCUT2D eigenvalue weighted by atomic mass is 9.88. The molecule has 0 radical (unpaired) electrons. The molecule has 10 heteroatoms. The number of carbonyl (C=O) groups excluding carboxylic acids is 3. The molecule has 2 aliphatic heterocycles. The van der Waals surface area contributed by atoms with E-state index < -0.39 is 17.6 Å². The molecule has 0 saturated carbocycles. The lowest BCUT2D eigenvalue weighted by Gasteiger charge is -2.15. The van der Waals surface area contributed by atoms with Crippen molar-refractivity contribution >= 4 is 40.7 Å². The summed E-state index contributed by atoms with van der Waals surface area (Å²) in [5.74, 6) is -1.78. The van der Waals surface area contributed by atoms with Gasteiger partial charge in [0.05, 0.1) is 6.04 Å². The Morgan fingerprint density at radius 1 is 1.24 bits per heavy atom. The lowest BCUT2D eigenvalue weighted by Crippen LogP contribution is -2.41. The van der Waals surface area contributed by atoms with Crippen LogP contribution < -0.4 is 5.32 Å². The molecule has 2 amide bonds. The molecule has 1 N–H and O–H groups in total. The van der Waals surface area contributed by atoms with Crippen LogP contribution in [0.25, 0.3) is 0 Å². The van der Waals surface area contributed by atoms with Crippen molar-refractivity contribution < 1.29 is 14.4 Å². The highest BCUT2D eigenvalue weighted by atomic mass is 35.5. The third-order valence-electron chi connectivity index (χ3n) is 5.99. The molecule has 1 aromatic rings. The maximum atomic E-state index is 13.3. The summed E-state index contributed by atoms with van der Waals surface area (Å²) < 4.78 is 0. The maximum Gasteiger partial charge on any atom is 0.280 e. The van der Waals surface area contributed by atoms with Crippen LogP contribution in [-0.4, -0.2) is 47.2 Å². The number of amidine groups is 1. The minimum atomic E-state index is -0.688. The molecular formula is C23H29ClN6O3. The first kappa shape index (κ1) is 24.7. The summed E-state index contributed by atoms with van der Waals surface area (Å²) in [4.78, 5) is 38.7. The topological polar surface area (TPSA) is 116 Å². The third-order valence-corrected chi connectivity index (χ3v) is 6.22. The van der Waals surface area contributed by atoms with Crippen LogP contribution in [0.3, 0.4) is 0 Å². The Morgan fingerprint density at radius 2 is 2.03 bits per heavy atom. The highest BCUT2D eigenvalue weighted by Crippen LogP contribution is 2.24. The van der Waals surface area contributed by atoms with E-state index in [2.05, 4.69) is 32.8 Å². The fraction of sp³-hybridized carbons (Fsp3) is 0.522. The summed E-state index contributed by atoms with van der Waals surface area (Å²) in [6.45, 7) is 4.06. The van der Waals surface area contributed by atoms with Gasteiger partial charge in [-0.15, -0.1) is 5.10 Å². The van der Waals surface area contributed by atoms with E-state index >= 15 is 0 Å². The quantitative estimate of drug-likeness (QED) is 0.680. The zero-order valence-electron chi connectivity index (χ0n) is 19.2. The van der Waals surface area contributed by atoms with Crippen LogP contribution in [0.15, 0.2) is 38.7 Å². The second-order valence-corrected chi connectivity index (χ2v) is 8.68. The van der Waals surface area contributed by atoms with Crippen molar-refractivity contribution in [2.24, 2.45) is 26.5 Å². The Labute approximate surface area is 198 Å². The van der Waals surface area contributed by atoms with Crippen molar-refractivity contribution in [3.63, 3.8) is 0 Å². The van der Waals surface area contributed by atoms with E-state index in [-0.39, 0.29) is 24.1 Å². The molecule has 2 unspecified atom stereocenters. The van der Waals surface area contributed by atoms with Crippen molar-refractivity contribution in [2.75, 3.05) is 7.05 Å². The van der Waals surface area contributed by atoms with Crippen LogP contribution in [-0.2, 0) is 27.2 Å². The minimum Gasteiger partial charge on any atom is -0.307 e. The van der Waals surface area contributed by atoms with Crippen LogP contribution in [0.4, 0.5) is 0 Å². The average Bonchev–Trinajstić information content (AvgIpc) is 3.09. The van der Waals surface area contributed by atoms with E-state index in [1.54, 1.807) is 0 Å². The maximum absolute atomic E-state index is 13.3. The van der Waals surface area contributed by atoms with Gasteiger partial charge in [-0.2, -0.15) is 10.2 Å². The van der Waals surface area contributed by atoms with Gasteiger partial charge < -0.3 is 5.32 Å². The van der Waals surface area contributed by atoms with Gasteiger partial charge in [0.25, 0.3) is 5.91 Å². The number of hydrogen-bond donors (Lipinski definition) is 1. The molecule has 0 bridgehead atoms. The van der Waals surface area contributed by atoms with E-state index in [1.807, 2.05) is 25.1 Å². The molecule has 2 heterocycles. The third kappa shape index (κ3) is 6.31. The van der Waals surface area contributed by atoms with Gasteiger partial charge in [-0.1, -0.05) is 31.5 Å². The largest absolute Gasteiger partial charge is 0.307 e. The van der Waals surface area contributed by atoms with Crippen molar-refractivity contribution in [3.05, 3.63) is 34.3 Å². The summed E-state index contributed by atoms with van der Waals surface area (Å²) in [6, 6.07) is 5.75. The van der Waals surface area contributed by atoms with E-state index in [4.69, 9.17) is 11.6 Å². The number of nitrogens with zero attached hydrogens (tertiary/aromatic N) is 5. The van der Waals surface area contributed by atoms with E-state index in [0.717, 1.165) is 29.0 Å². The Bertz CT molecular complexity index is 1020. The molecule has 3 rings (SSSR count). The molecule has 0 spiro atoms. The molecule has 0 fully saturated rings. The van der Waals surface area contributed by atoms with Crippen molar-refractivity contribution in [1.82, 2.24) is 10.3 Å². The molecule has 2 aliphatic rings. The fourth-order valence-electron chi connectivity index (χ4n) is 3.90. The Hall–Kier alpha value is -2.94. The molecular weight excluding hydrogens is 444 g/mol. The average molecular weight is 473 g/mol. The number of aryl methyl sites for hydroxylation is 2. The first-order valence-corrected chi connectivity index (χ1v) is 11.6. The van der Waals surface area contributed by atoms with Gasteiger partial charge in [0.2, 0.25) is 5.91 Å². The summed E-state index contributed by atoms with van der Waals surface area (Å²) in [7, 11) is 1.45. The van der Waals surface area contributed by atoms with Crippen LogP contribution >= 0.6 is 11.6 Å². The summed E-state index contributed by atoms with van der Waals surface area (Å²) in [5.41, 5.74) is 1.88. The monoisotopic (exact) mass is 472 g/mol. The van der Waals surface area contributed by atoms with Gasteiger partial charge in [-0.25, -0.2) is 5.01 Å². The highest BCUT2D eigenvalue weighted by molar-refractivity contribution is 6.67. The molecule has 176 valence electrons. The van der Waals surface area contributed by atoms with Crippen LogP contribution in [0.2, 0.25) is 5.02 Å². The van der Waals surface area contributed by atoms with Gasteiger partial charge in [0.1, 0.15) is 5.84 Å². The smallest absolute Gasteiger partial charge is 0.280 e. The van der Waals surface area contributed by atoms with Gasteiger partial charge in [0, 0.05) is 30.8 Å². The summed E-state index contributed by atoms with van der Waals surface area (Å²) in [5, 5.41) is 20.1. The number of carbonyl (C=O) groups is 3. The molecule has 1 aromatic carbocycles. The second kappa shape index (κ2) is 11.3. The van der Waals surface area contributed by atoms with E-state index in [9.17, 15) is 14.4 Å². The molecule has 9 nitrogen and oxygen atoms in total. The van der Waals surface area contributed by atoms with Crippen LogP contribution in [0.5, 0.6) is 0 Å². The number of rotatable bonds is 6. The number of ketones is 1. The number of hydrogen-bond acceptors (Lipinski definition) is 7. The van der Waals surface area contributed by atoms with Gasteiger partial charge in [-0.05, 0) is 60.6 Å². The number of Topliss-reactive ketones (excluding diaryl/α,β-unsaturated/α-hetero) is 1. The second-order valence-electron chi connectivity index (χ2n) is 8.24. The number of nitrogens with one attached hydrogen (secondary N) is 1. The van der Waals surface area contributed by atoms with Crippen LogP contribution in [0.1, 0.15) is 57.1 Å². The molecule has 33 heavy (non-hydrogen) atoms. The lowest BCUT2D eigenvalue weighted by molar-refractivity contribution is -0.132. The highest BCUT2D eigenvalue weighted by Gasteiger charge is 2.35. The van der Waals surface area contributed by atoms with Crippen molar-refractivity contribution in [1.29, 1.82) is 0 Å². The van der Waals surface area contributed by atoms with Gasteiger partial charge in [0.15, 0.2) is 11.5 Å². The number of hydrazone groups is 1. The Balaban J connectivity index is 1.74. The van der Waals surface area contributed by atoms with Gasteiger partial charge >= 0.3 is 0 Å². The fourth-order valence-corrected chi connectivity index (χ4v) is 4.10. The normalized spacial score (nSPS) is 21.3. The predicted octanol–water partition coefficient (Wildman–Crippen LogP) is 3.69. The van der Waals surface area contributed by atoms with E-state index in [0.29, 0.717) is 36.5 Å². The molecule has 2 atom stereocenters. The first-order valence-electron chi connectivity index (χ1n) is 11.3. The van der Waals surface area contributed by atoms with E-state index in [1.165, 1.54) is 7.05 Å². The SMILES string of the molecule is CCc1ccc(Cl)cc1CCC1CC(=O)N(C)N=C(C(=O)NC2=NN=NC(CC)CC2)C1=O. The Kier molecular flexibility index (Phi) is 8.43. The standard InChI is InChI=1S/C23H29ClN6O3/c1-4-14-8-9-17(24)12-15(14)6-7-16-13-20(31)30(3)28-21(22(16)32)23(33)25-19-11-10-18(5-2)26-29-27-19/h8-9,12,16,18H,4-7,10-11,13H2,1-3H3,(H,25,26,27,33).